The molecule has 1 fully saturated rings. The second kappa shape index (κ2) is 4.62. The molecule has 0 saturated carbocycles. The number of hydrogen-bond donors (Lipinski definition) is 1. The fraction of sp³-hybridized carbons (Fsp3) is 0.533. The van der Waals surface area contributed by atoms with Crippen molar-refractivity contribution in [3.63, 3.8) is 0 Å². The summed E-state index contributed by atoms with van der Waals surface area (Å²) in [4.78, 5) is 13.4. The van der Waals surface area contributed by atoms with Gasteiger partial charge in [-0.2, -0.15) is 0 Å². The maximum atomic E-state index is 11.7. The molecule has 3 rings (SSSR count). The number of likely N-dealkylation sites (N-methyl/N-ethyl adjacent to an activating group) is 1. The summed E-state index contributed by atoms with van der Waals surface area (Å²) in [6, 6.07) is 6.14. The zero-order chi connectivity index (χ0) is 13.6. The zero-order valence-electron chi connectivity index (χ0n) is 11.4. The molecule has 3 atom stereocenters. The highest BCUT2D eigenvalue weighted by molar-refractivity contribution is 6.00. The van der Waals surface area contributed by atoms with E-state index in [-0.39, 0.29) is 11.9 Å². The first-order chi connectivity index (χ1) is 9.06. The molecule has 3 unspecified atom stereocenters. The molecule has 1 saturated heterocycles. The summed E-state index contributed by atoms with van der Waals surface area (Å²) in [6.07, 6.45) is 1.80. The molecule has 0 bridgehead atoms. The van der Waals surface area contributed by atoms with E-state index in [9.17, 15) is 4.79 Å². The molecule has 0 aliphatic carbocycles. The standard InChI is InChI=1S/C15H20N2O2/c1-9-5-12(8-19-9)15(16)10-3-4-13-11(6-10)7-14(18)17(13)2/h3-4,6,9,12,15H,5,7-8,16H2,1-2H3. The van der Waals surface area contributed by atoms with E-state index in [1.54, 1.807) is 4.90 Å². The number of ether oxygens (including phenoxy) is 1. The van der Waals surface area contributed by atoms with Crippen molar-refractivity contribution in [2.24, 2.45) is 11.7 Å². The third-order valence-corrected chi connectivity index (χ3v) is 4.30. The summed E-state index contributed by atoms with van der Waals surface area (Å²) in [5, 5.41) is 0. The molecule has 2 aliphatic rings. The van der Waals surface area contributed by atoms with Crippen molar-refractivity contribution in [2.75, 3.05) is 18.6 Å². The van der Waals surface area contributed by atoms with Gasteiger partial charge in [-0.3, -0.25) is 4.79 Å². The average Bonchev–Trinajstić information content (AvgIpc) is 2.94. The van der Waals surface area contributed by atoms with Gasteiger partial charge in [0.05, 0.1) is 19.1 Å². The Labute approximate surface area is 113 Å². The fourth-order valence-electron chi connectivity index (χ4n) is 3.07. The van der Waals surface area contributed by atoms with Crippen LogP contribution < -0.4 is 10.6 Å². The molecule has 19 heavy (non-hydrogen) atoms. The molecule has 1 aromatic carbocycles. The largest absolute Gasteiger partial charge is 0.378 e. The molecule has 0 spiro atoms. The van der Waals surface area contributed by atoms with Crippen LogP contribution in [0.4, 0.5) is 5.69 Å². The van der Waals surface area contributed by atoms with Gasteiger partial charge in [-0.15, -0.1) is 0 Å². The normalized spacial score (nSPS) is 27.7. The van der Waals surface area contributed by atoms with Crippen LogP contribution in [-0.4, -0.2) is 25.7 Å². The van der Waals surface area contributed by atoms with Crippen LogP contribution in [0.25, 0.3) is 0 Å². The Bertz CT molecular complexity index is 515. The summed E-state index contributed by atoms with van der Waals surface area (Å²) in [5.41, 5.74) is 9.56. The highest BCUT2D eigenvalue weighted by Crippen LogP contribution is 2.34. The predicted molar refractivity (Wildman–Crippen MR) is 74.0 cm³/mol. The number of amides is 1. The van der Waals surface area contributed by atoms with E-state index in [1.807, 2.05) is 19.2 Å². The monoisotopic (exact) mass is 260 g/mol. The predicted octanol–water partition coefficient (Wildman–Crippen LogP) is 1.63. The van der Waals surface area contributed by atoms with Crippen LogP contribution in [0.1, 0.15) is 30.5 Å². The minimum Gasteiger partial charge on any atom is -0.378 e. The molecule has 102 valence electrons. The number of fused-ring (bicyclic) bond motifs is 1. The lowest BCUT2D eigenvalue weighted by molar-refractivity contribution is -0.117. The second-order valence-corrected chi connectivity index (χ2v) is 5.68. The molecule has 4 nitrogen and oxygen atoms in total. The lowest BCUT2D eigenvalue weighted by Crippen LogP contribution is -2.22. The Hall–Kier alpha value is -1.39. The summed E-state index contributed by atoms with van der Waals surface area (Å²) in [5.74, 6) is 0.529. The third kappa shape index (κ3) is 2.15. The molecule has 1 amide bonds. The maximum Gasteiger partial charge on any atom is 0.231 e. The van der Waals surface area contributed by atoms with Gasteiger partial charge in [0.1, 0.15) is 0 Å². The SMILES string of the molecule is CC1CC(C(N)c2ccc3c(c2)CC(=O)N3C)CO1. The summed E-state index contributed by atoms with van der Waals surface area (Å²) in [6.45, 7) is 2.82. The van der Waals surface area contributed by atoms with Crippen molar-refractivity contribution in [2.45, 2.75) is 31.9 Å². The Morgan fingerprint density at radius 1 is 1.47 bits per heavy atom. The van der Waals surface area contributed by atoms with Crippen molar-refractivity contribution < 1.29 is 9.53 Å². The van der Waals surface area contributed by atoms with Gasteiger partial charge >= 0.3 is 0 Å². The molecular weight excluding hydrogens is 240 g/mol. The van der Waals surface area contributed by atoms with E-state index < -0.39 is 0 Å². The zero-order valence-corrected chi connectivity index (χ0v) is 11.4. The summed E-state index contributed by atoms with van der Waals surface area (Å²) >= 11 is 0. The van der Waals surface area contributed by atoms with Gasteiger partial charge in [0, 0.05) is 24.7 Å². The van der Waals surface area contributed by atoms with E-state index in [2.05, 4.69) is 13.0 Å². The van der Waals surface area contributed by atoms with Crippen LogP contribution in [0.5, 0.6) is 0 Å². The van der Waals surface area contributed by atoms with Crippen molar-refractivity contribution >= 4 is 11.6 Å². The van der Waals surface area contributed by atoms with Crippen LogP contribution in [0.3, 0.4) is 0 Å². The highest BCUT2D eigenvalue weighted by atomic mass is 16.5. The van der Waals surface area contributed by atoms with Gasteiger partial charge < -0.3 is 15.4 Å². The Balaban J connectivity index is 1.83. The summed E-state index contributed by atoms with van der Waals surface area (Å²) < 4.78 is 5.59. The lowest BCUT2D eigenvalue weighted by atomic mass is 9.90. The third-order valence-electron chi connectivity index (χ3n) is 4.30. The van der Waals surface area contributed by atoms with Crippen LogP contribution in [0.2, 0.25) is 0 Å². The number of rotatable bonds is 2. The number of nitrogens with zero attached hydrogens (tertiary/aromatic N) is 1. The maximum absolute atomic E-state index is 11.7. The minimum absolute atomic E-state index is 0.00346. The second-order valence-electron chi connectivity index (χ2n) is 5.68. The highest BCUT2D eigenvalue weighted by Gasteiger charge is 2.30. The molecule has 0 radical (unpaired) electrons. The van der Waals surface area contributed by atoms with Crippen LogP contribution in [-0.2, 0) is 16.0 Å². The van der Waals surface area contributed by atoms with E-state index in [0.717, 1.165) is 29.8 Å². The number of benzene rings is 1. The number of carbonyl (C=O) groups is 1. The fourth-order valence-corrected chi connectivity index (χ4v) is 3.07. The van der Waals surface area contributed by atoms with Gasteiger partial charge in [0.25, 0.3) is 0 Å². The first-order valence-corrected chi connectivity index (χ1v) is 6.83. The van der Waals surface area contributed by atoms with Crippen molar-refractivity contribution in [1.29, 1.82) is 0 Å². The Morgan fingerprint density at radius 3 is 2.95 bits per heavy atom. The molecule has 0 aromatic heterocycles. The molecule has 4 heteroatoms. The average molecular weight is 260 g/mol. The van der Waals surface area contributed by atoms with E-state index in [1.165, 1.54) is 0 Å². The van der Waals surface area contributed by atoms with Crippen molar-refractivity contribution in [3.05, 3.63) is 29.3 Å². The van der Waals surface area contributed by atoms with Crippen LogP contribution >= 0.6 is 0 Å². The lowest BCUT2D eigenvalue weighted by Gasteiger charge is -2.19. The smallest absolute Gasteiger partial charge is 0.231 e. The van der Waals surface area contributed by atoms with Gasteiger partial charge in [0.2, 0.25) is 5.91 Å². The quantitative estimate of drug-likeness (QED) is 0.879. The topological polar surface area (TPSA) is 55.6 Å². The number of hydrogen-bond acceptors (Lipinski definition) is 3. The number of carbonyl (C=O) groups excluding carboxylic acids is 1. The van der Waals surface area contributed by atoms with Gasteiger partial charge in [-0.25, -0.2) is 0 Å². The number of anilines is 1. The minimum atomic E-state index is -0.00346. The molecule has 2 aliphatic heterocycles. The van der Waals surface area contributed by atoms with E-state index in [4.69, 9.17) is 10.5 Å². The molecule has 2 N–H and O–H groups in total. The van der Waals surface area contributed by atoms with Gasteiger partial charge in [0.15, 0.2) is 0 Å². The van der Waals surface area contributed by atoms with E-state index in [0.29, 0.717) is 18.4 Å². The van der Waals surface area contributed by atoms with Gasteiger partial charge in [-0.1, -0.05) is 12.1 Å². The first-order valence-electron chi connectivity index (χ1n) is 6.83. The van der Waals surface area contributed by atoms with Crippen molar-refractivity contribution in [1.82, 2.24) is 0 Å². The van der Waals surface area contributed by atoms with Crippen LogP contribution in [0.15, 0.2) is 18.2 Å². The van der Waals surface area contributed by atoms with Crippen molar-refractivity contribution in [3.8, 4) is 0 Å². The molecule has 1 aromatic rings. The first kappa shape index (κ1) is 12.6. The summed E-state index contributed by atoms with van der Waals surface area (Å²) in [7, 11) is 1.82. The number of nitrogens with two attached hydrogens (primary N) is 1. The Kier molecular flexibility index (Phi) is 3.07. The van der Waals surface area contributed by atoms with E-state index >= 15 is 0 Å². The van der Waals surface area contributed by atoms with Crippen LogP contribution in [0, 0.1) is 5.92 Å². The molecule has 2 heterocycles. The molecular formula is C15H20N2O2. The Morgan fingerprint density at radius 2 is 2.26 bits per heavy atom. The van der Waals surface area contributed by atoms with Gasteiger partial charge in [-0.05, 0) is 30.5 Å².